The molecule has 0 unspecified atom stereocenters. The molecule has 1 aromatic carbocycles. The van der Waals surface area contributed by atoms with Gasteiger partial charge in [0.2, 0.25) is 0 Å². The van der Waals surface area contributed by atoms with Crippen LogP contribution in [0.3, 0.4) is 0 Å². The van der Waals surface area contributed by atoms with Crippen molar-refractivity contribution in [2.75, 3.05) is 12.4 Å². The summed E-state index contributed by atoms with van der Waals surface area (Å²) >= 11 is 1.37. The van der Waals surface area contributed by atoms with Crippen LogP contribution < -0.4 is 10.1 Å². The van der Waals surface area contributed by atoms with Gasteiger partial charge in [-0.15, -0.1) is 11.3 Å². The highest BCUT2D eigenvalue weighted by atomic mass is 32.1. The highest BCUT2D eigenvalue weighted by molar-refractivity contribution is 7.14. The molecule has 0 saturated heterocycles. The van der Waals surface area contributed by atoms with Gasteiger partial charge < -0.3 is 9.30 Å². The fourth-order valence-corrected chi connectivity index (χ4v) is 3.89. The van der Waals surface area contributed by atoms with Crippen LogP contribution in [-0.4, -0.2) is 32.5 Å². The molecule has 0 radical (unpaired) electrons. The number of ether oxygens (including phenoxy) is 1. The van der Waals surface area contributed by atoms with Crippen molar-refractivity contribution in [1.82, 2.24) is 19.5 Å². The summed E-state index contributed by atoms with van der Waals surface area (Å²) in [4.78, 5) is 24.8. The summed E-state index contributed by atoms with van der Waals surface area (Å²) in [5.74, 6) is 0.488. The fourth-order valence-electron chi connectivity index (χ4n) is 3.18. The molecule has 0 aliphatic heterocycles. The van der Waals surface area contributed by atoms with Gasteiger partial charge in [0.05, 0.1) is 19.0 Å². The van der Waals surface area contributed by atoms with Crippen LogP contribution in [0.25, 0.3) is 16.9 Å². The third-order valence-corrected chi connectivity index (χ3v) is 5.32. The van der Waals surface area contributed by atoms with E-state index in [1.54, 1.807) is 7.11 Å². The zero-order valence-electron chi connectivity index (χ0n) is 16.2. The Morgan fingerprint density at radius 3 is 2.66 bits per heavy atom. The molecule has 0 atom stereocenters. The largest absolute Gasteiger partial charge is 0.497 e. The van der Waals surface area contributed by atoms with Gasteiger partial charge in [0.15, 0.2) is 5.13 Å². The van der Waals surface area contributed by atoms with Crippen molar-refractivity contribution in [2.45, 2.75) is 13.8 Å². The number of aromatic nitrogens is 4. The minimum absolute atomic E-state index is 0.252. The van der Waals surface area contributed by atoms with Crippen molar-refractivity contribution in [3.05, 3.63) is 71.4 Å². The van der Waals surface area contributed by atoms with Crippen molar-refractivity contribution in [3.8, 4) is 22.7 Å². The predicted molar refractivity (Wildman–Crippen MR) is 113 cm³/mol. The van der Waals surface area contributed by atoms with Crippen LogP contribution in [0.4, 0.5) is 5.13 Å². The number of amides is 1. The lowest BCUT2D eigenvalue weighted by Gasteiger charge is -2.10. The number of hydrogen-bond acceptors (Lipinski definition) is 6. The smallest absolute Gasteiger partial charge is 0.277 e. The Labute approximate surface area is 172 Å². The number of rotatable bonds is 5. The number of nitrogens with zero attached hydrogens (tertiary/aromatic N) is 4. The molecule has 1 N–H and O–H groups in total. The Balaban J connectivity index is 1.60. The molecule has 0 spiro atoms. The molecule has 0 saturated carbocycles. The zero-order valence-corrected chi connectivity index (χ0v) is 17.0. The molecule has 0 bridgehead atoms. The second-order valence-corrected chi connectivity index (χ2v) is 7.26. The first-order valence-corrected chi connectivity index (χ1v) is 9.81. The van der Waals surface area contributed by atoms with E-state index in [2.05, 4.69) is 44.7 Å². The third kappa shape index (κ3) is 3.74. The number of benzene rings is 1. The van der Waals surface area contributed by atoms with Gasteiger partial charge in [-0.25, -0.2) is 9.97 Å². The monoisotopic (exact) mass is 405 g/mol. The number of aryl methyl sites for hydroxylation is 1. The van der Waals surface area contributed by atoms with Crippen molar-refractivity contribution in [3.63, 3.8) is 0 Å². The van der Waals surface area contributed by atoms with Gasteiger partial charge in [-0.3, -0.25) is 15.1 Å². The predicted octanol–water partition coefficient (Wildman–Crippen LogP) is 4.27. The Kier molecular flexibility index (Phi) is 5.09. The van der Waals surface area contributed by atoms with Gasteiger partial charge in [-0.05, 0) is 44.2 Å². The molecule has 29 heavy (non-hydrogen) atoms. The summed E-state index contributed by atoms with van der Waals surface area (Å²) in [5.41, 5.74) is 5.32. The number of anilines is 1. The molecule has 3 aromatic heterocycles. The molecule has 3 heterocycles. The molecule has 0 fully saturated rings. The molecular weight excluding hydrogens is 386 g/mol. The van der Waals surface area contributed by atoms with E-state index in [-0.39, 0.29) is 11.6 Å². The van der Waals surface area contributed by atoms with Crippen LogP contribution in [0, 0.1) is 13.8 Å². The number of nitrogens with one attached hydrogen (secondary N) is 1. The van der Waals surface area contributed by atoms with Crippen LogP contribution in [0.15, 0.2) is 54.3 Å². The van der Waals surface area contributed by atoms with Crippen LogP contribution in [0.1, 0.15) is 21.9 Å². The number of carbonyl (C=O) groups excluding carboxylic acids is 1. The Morgan fingerprint density at radius 1 is 1.17 bits per heavy atom. The molecule has 146 valence electrons. The average Bonchev–Trinajstić information content (AvgIpc) is 3.32. The lowest BCUT2D eigenvalue weighted by molar-refractivity contribution is 0.102. The highest BCUT2D eigenvalue weighted by Gasteiger charge is 2.16. The first-order valence-electron chi connectivity index (χ1n) is 8.93. The molecule has 0 aliphatic carbocycles. The van der Waals surface area contributed by atoms with Crippen LogP contribution >= 0.6 is 11.3 Å². The van der Waals surface area contributed by atoms with E-state index >= 15 is 0 Å². The normalized spacial score (nSPS) is 10.7. The van der Waals surface area contributed by atoms with Gasteiger partial charge in [0, 0.05) is 40.4 Å². The lowest BCUT2D eigenvalue weighted by Crippen LogP contribution is -2.13. The lowest BCUT2D eigenvalue weighted by atomic mass is 10.2. The third-order valence-electron chi connectivity index (χ3n) is 4.56. The Morgan fingerprint density at radius 2 is 1.97 bits per heavy atom. The van der Waals surface area contributed by atoms with Gasteiger partial charge >= 0.3 is 0 Å². The summed E-state index contributed by atoms with van der Waals surface area (Å²) in [6, 6.07) is 10.0. The first-order chi connectivity index (χ1) is 14.1. The van der Waals surface area contributed by atoms with Gasteiger partial charge in [0.25, 0.3) is 5.91 Å². The molecule has 4 rings (SSSR count). The minimum Gasteiger partial charge on any atom is -0.497 e. The van der Waals surface area contributed by atoms with Crippen molar-refractivity contribution in [2.24, 2.45) is 0 Å². The SMILES string of the molecule is COc1ccc(-n2c(C)cc(-c3csc(NC(=O)c4cnccn4)n3)c2C)cc1. The highest BCUT2D eigenvalue weighted by Crippen LogP contribution is 2.32. The minimum atomic E-state index is -0.331. The van der Waals surface area contributed by atoms with E-state index in [0.717, 1.165) is 34.1 Å². The second kappa shape index (κ2) is 7.84. The van der Waals surface area contributed by atoms with E-state index in [1.165, 1.54) is 29.9 Å². The van der Waals surface area contributed by atoms with Crippen LogP contribution in [0.2, 0.25) is 0 Å². The molecule has 7 nitrogen and oxygen atoms in total. The van der Waals surface area contributed by atoms with E-state index in [1.807, 2.05) is 29.6 Å². The summed E-state index contributed by atoms with van der Waals surface area (Å²) in [5, 5.41) is 5.23. The van der Waals surface area contributed by atoms with Crippen LogP contribution in [-0.2, 0) is 0 Å². The fraction of sp³-hybridized carbons (Fsp3) is 0.143. The summed E-state index contributed by atoms with van der Waals surface area (Å²) in [7, 11) is 1.66. The molecule has 1 amide bonds. The van der Waals surface area contributed by atoms with E-state index in [9.17, 15) is 4.79 Å². The van der Waals surface area contributed by atoms with E-state index < -0.39 is 0 Å². The standard InChI is InChI=1S/C21H19N5O2S/c1-13-10-17(14(2)26(13)15-4-6-16(28-3)7-5-15)19-12-29-21(24-19)25-20(27)18-11-22-8-9-23-18/h4-12H,1-3H3,(H,24,25,27). The summed E-state index contributed by atoms with van der Waals surface area (Å²) in [6.45, 7) is 4.12. The zero-order chi connectivity index (χ0) is 20.4. The van der Waals surface area contributed by atoms with Crippen molar-refractivity contribution >= 4 is 22.4 Å². The first kappa shape index (κ1) is 18.8. The molecule has 8 heteroatoms. The average molecular weight is 405 g/mol. The maximum absolute atomic E-state index is 12.3. The number of methoxy groups -OCH3 is 1. The van der Waals surface area contributed by atoms with Gasteiger partial charge in [-0.2, -0.15) is 0 Å². The molecule has 4 aromatic rings. The topological polar surface area (TPSA) is 81.9 Å². The van der Waals surface area contributed by atoms with Crippen molar-refractivity contribution < 1.29 is 9.53 Å². The van der Waals surface area contributed by atoms with Gasteiger partial charge in [0.1, 0.15) is 11.4 Å². The Bertz CT molecular complexity index is 1150. The van der Waals surface area contributed by atoms with Gasteiger partial charge in [-0.1, -0.05) is 0 Å². The van der Waals surface area contributed by atoms with Crippen molar-refractivity contribution in [1.29, 1.82) is 0 Å². The molecular formula is C21H19N5O2S. The summed E-state index contributed by atoms with van der Waals surface area (Å²) < 4.78 is 7.42. The number of carbonyl (C=O) groups is 1. The maximum Gasteiger partial charge on any atom is 0.277 e. The second-order valence-electron chi connectivity index (χ2n) is 6.40. The van der Waals surface area contributed by atoms with E-state index in [0.29, 0.717) is 5.13 Å². The number of thiazole rings is 1. The summed E-state index contributed by atoms with van der Waals surface area (Å²) in [6.07, 6.45) is 4.43. The van der Waals surface area contributed by atoms with Crippen LogP contribution in [0.5, 0.6) is 5.75 Å². The number of hydrogen-bond donors (Lipinski definition) is 1. The maximum atomic E-state index is 12.3. The quantitative estimate of drug-likeness (QED) is 0.536. The Hall–Kier alpha value is -3.52. The van der Waals surface area contributed by atoms with E-state index in [4.69, 9.17) is 4.74 Å². The molecule has 0 aliphatic rings.